The molecule has 13 heavy (non-hydrogen) atoms. The van der Waals surface area contributed by atoms with Gasteiger partial charge in [0.1, 0.15) is 0 Å². The third-order valence-corrected chi connectivity index (χ3v) is 2.19. The Morgan fingerprint density at radius 3 is 2.46 bits per heavy atom. The van der Waals surface area contributed by atoms with Crippen molar-refractivity contribution in [3.05, 3.63) is 28.5 Å². The fourth-order valence-corrected chi connectivity index (χ4v) is 1.53. The lowest BCUT2D eigenvalue weighted by molar-refractivity contribution is -0.133. The van der Waals surface area contributed by atoms with E-state index in [-0.39, 0.29) is 5.57 Å². The number of carbonyl (C=O) groups is 2. The van der Waals surface area contributed by atoms with Crippen LogP contribution in [0.25, 0.3) is 5.57 Å². The van der Waals surface area contributed by atoms with Crippen LogP contribution in [0, 0.1) is 0 Å². The molecule has 1 aromatic rings. The predicted molar refractivity (Wildman–Crippen MR) is 47.6 cm³/mol. The van der Waals surface area contributed by atoms with Crippen molar-refractivity contribution in [2.24, 2.45) is 0 Å². The average Bonchev–Trinajstić information content (AvgIpc) is 2.50. The van der Waals surface area contributed by atoms with Gasteiger partial charge in [-0.15, -0.1) is 11.3 Å². The molecule has 0 unspecified atom stereocenters. The number of hydrogen-bond donors (Lipinski definition) is 2. The van der Waals surface area contributed by atoms with Gasteiger partial charge in [-0.25, -0.2) is 9.59 Å². The second-order valence-corrected chi connectivity index (χ2v) is 3.13. The van der Waals surface area contributed by atoms with Gasteiger partial charge in [-0.3, -0.25) is 0 Å². The molecule has 0 saturated heterocycles. The normalized spacial score (nSPS) is 11.2. The van der Waals surface area contributed by atoms with Crippen LogP contribution in [-0.2, 0) is 9.59 Å². The lowest BCUT2D eigenvalue weighted by atomic mass is 10.2. The van der Waals surface area contributed by atoms with Crippen LogP contribution in [0.5, 0.6) is 0 Å². The number of carboxylic acid groups (broad SMARTS) is 2. The second-order valence-electron chi connectivity index (χ2n) is 2.18. The van der Waals surface area contributed by atoms with E-state index >= 15 is 0 Å². The third kappa shape index (κ3) is 2.41. The van der Waals surface area contributed by atoms with Gasteiger partial charge in [-0.1, -0.05) is 6.07 Å². The molecule has 1 heterocycles. The Balaban J connectivity index is 3.08. The summed E-state index contributed by atoms with van der Waals surface area (Å²) >= 11 is 1.19. The van der Waals surface area contributed by atoms with Crippen molar-refractivity contribution in [1.29, 1.82) is 0 Å². The van der Waals surface area contributed by atoms with E-state index < -0.39 is 11.9 Å². The van der Waals surface area contributed by atoms with E-state index in [9.17, 15) is 9.59 Å². The highest BCUT2D eigenvalue weighted by Gasteiger charge is 2.12. The van der Waals surface area contributed by atoms with Crippen LogP contribution in [-0.4, -0.2) is 22.2 Å². The molecule has 0 radical (unpaired) electrons. The van der Waals surface area contributed by atoms with Crippen molar-refractivity contribution in [3.63, 3.8) is 0 Å². The molecule has 0 fully saturated rings. The van der Waals surface area contributed by atoms with Crippen LogP contribution in [0.4, 0.5) is 0 Å². The molecule has 0 amide bonds. The molecule has 1 aromatic heterocycles. The number of hydrogen-bond acceptors (Lipinski definition) is 3. The average molecular weight is 198 g/mol. The van der Waals surface area contributed by atoms with Crippen LogP contribution < -0.4 is 0 Å². The van der Waals surface area contributed by atoms with E-state index in [0.717, 1.165) is 0 Å². The molecule has 0 aliphatic carbocycles. The van der Waals surface area contributed by atoms with Crippen molar-refractivity contribution in [1.82, 2.24) is 0 Å². The zero-order valence-corrected chi connectivity index (χ0v) is 7.25. The molecular formula is C8H6O4S. The topological polar surface area (TPSA) is 74.6 Å². The fourth-order valence-electron chi connectivity index (χ4n) is 0.794. The van der Waals surface area contributed by atoms with E-state index in [1.807, 2.05) is 0 Å². The predicted octanol–water partition coefficient (Wildman–Crippen LogP) is 1.30. The maximum absolute atomic E-state index is 10.6. The zero-order chi connectivity index (χ0) is 9.84. The van der Waals surface area contributed by atoms with Gasteiger partial charge >= 0.3 is 11.9 Å². The van der Waals surface area contributed by atoms with Gasteiger partial charge in [0, 0.05) is 11.0 Å². The van der Waals surface area contributed by atoms with Crippen LogP contribution in [0.3, 0.4) is 0 Å². The van der Waals surface area contributed by atoms with Crippen molar-refractivity contribution in [2.75, 3.05) is 0 Å². The van der Waals surface area contributed by atoms with Crippen molar-refractivity contribution in [2.45, 2.75) is 0 Å². The Morgan fingerprint density at radius 2 is 2.08 bits per heavy atom. The highest BCUT2D eigenvalue weighted by atomic mass is 32.1. The highest BCUT2D eigenvalue weighted by molar-refractivity contribution is 7.11. The summed E-state index contributed by atoms with van der Waals surface area (Å²) in [5, 5.41) is 18.8. The lowest BCUT2D eigenvalue weighted by Crippen LogP contribution is -2.01. The monoisotopic (exact) mass is 198 g/mol. The number of rotatable bonds is 3. The molecule has 0 spiro atoms. The van der Waals surface area contributed by atoms with Crippen LogP contribution >= 0.6 is 11.3 Å². The maximum Gasteiger partial charge on any atom is 0.337 e. The number of carboxylic acids is 2. The van der Waals surface area contributed by atoms with E-state index in [4.69, 9.17) is 10.2 Å². The lowest BCUT2D eigenvalue weighted by Gasteiger charge is -1.95. The Labute approximate surface area is 77.8 Å². The first kappa shape index (κ1) is 9.47. The molecule has 0 saturated carbocycles. The first-order valence-corrected chi connectivity index (χ1v) is 4.21. The van der Waals surface area contributed by atoms with Crippen molar-refractivity contribution < 1.29 is 19.8 Å². The molecule has 5 heteroatoms. The fraction of sp³-hybridized carbons (Fsp3) is 0. The Bertz CT molecular complexity index is 350. The molecule has 4 nitrogen and oxygen atoms in total. The molecule has 0 atom stereocenters. The Kier molecular flexibility index (Phi) is 2.81. The summed E-state index contributed by atoms with van der Waals surface area (Å²) in [4.78, 5) is 21.3. The number of thiophene rings is 1. The minimum atomic E-state index is -1.26. The van der Waals surface area contributed by atoms with Gasteiger partial charge in [0.05, 0.1) is 5.57 Å². The first-order valence-electron chi connectivity index (χ1n) is 3.33. The minimum Gasteiger partial charge on any atom is -0.478 e. The van der Waals surface area contributed by atoms with Gasteiger partial charge < -0.3 is 10.2 Å². The summed E-state index contributed by atoms with van der Waals surface area (Å²) in [6.45, 7) is 0. The molecule has 1 rings (SSSR count). The molecule has 0 aromatic carbocycles. The first-order chi connectivity index (χ1) is 6.11. The standard InChI is InChI=1S/C8H6O4S/c9-7(10)4-5(8(11)12)6-2-1-3-13-6/h1-4H,(H,9,10)(H,11,12). The van der Waals surface area contributed by atoms with Crippen LogP contribution in [0.2, 0.25) is 0 Å². The van der Waals surface area contributed by atoms with Gasteiger partial charge in [0.25, 0.3) is 0 Å². The number of aliphatic carboxylic acids is 2. The van der Waals surface area contributed by atoms with Crippen LogP contribution in [0.15, 0.2) is 23.6 Å². The molecular weight excluding hydrogens is 192 g/mol. The van der Waals surface area contributed by atoms with E-state index in [0.29, 0.717) is 11.0 Å². The van der Waals surface area contributed by atoms with Gasteiger partial charge in [0.2, 0.25) is 0 Å². The third-order valence-electron chi connectivity index (χ3n) is 1.28. The molecule has 0 aliphatic heterocycles. The second kappa shape index (κ2) is 3.86. The quantitative estimate of drug-likeness (QED) is 0.718. The van der Waals surface area contributed by atoms with E-state index in [2.05, 4.69) is 0 Å². The molecule has 2 N–H and O–H groups in total. The summed E-state index contributed by atoms with van der Waals surface area (Å²) in [6, 6.07) is 3.23. The van der Waals surface area contributed by atoms with E-state index in [1.54, 1.807) is 17.5 Å². The molecule has 68 valence electrons. The zero-order valence-electron chi connectivity index (χ0n) is 6.43. The summed E-state index contributed by atoms with van der Waals surface area (Å²) in [5.74, 6) is -2.49. The van der Waals surface area contributed by atoms with Crippen molar-refractivity contribution >= 4 is 28.8 Å². The maximum atomic E-state index is 10.6. The molecule has 0 bridgehead atoms. The van der Waals surface area contributed by atoms with Gasteiger partial charge in [-0.2, -0.15) is 0 Å². The minimum absolute atomic E-state index is 0.192. The van der Waals surface area contributed by atoms with Gasteiger partial charge in [-0.05, 0) is 11.4 Å². The van der Waals surface area contributed by atoms with Crippen LogP contribution in [0.1, 0.15) is 4.88 Å². The summed E-state index contributed by atoms with van der Waals surface area (Å²) in [5.41, 5.74) is -0.192. The van der Waals surface area contributed by atoms with E-state index in [1.165, 1.54) is 11.3 Å². The summed E-state index contributed by atoms with van der Waals surface area (Å²) in [6.07, 6.45) is 0.689. The van der Waals surface area contributed by atoms with Gasteiger partial charge in [0.15, 0.2) is 0 Å². The highest BCUT2D eigenvalue weighted by Crippen LogP contribution is 2.19. The SMILES string of the molecule is O=C(O)C=C(C(=O)O)c1cccs1. The Morgan fingerprint density at radius 1 is 1.38 bits per heavy atom. The van der Waals surface area contributed by atoms with Crippen molar-refractivity contribution in [3.8, 4) is 0 Å². The largest absolute Gasteiger partial charge is 0.478 e. The Hall–Kier alpha value is -1.62. The molecule has 0 aliphatic rings. The summed E-state index contributed by atoms with van der Waals surface area (Å²) in [7, 11) is 0. The summed E-state index contributed by atoms with van der Waals surface area (Å²) < 4.78 is 0. The smallest absolute Gasteiger partial charge is 0.337 e.